The fourth-order valence-corrected chi connectivity index (χ4v) is 4.50. The van der Waals surface area contributed by atoms with Crippen molar-refractivity contribution in [3.05, 3.63) is 29.8 Å². The van der Waals surface area contributed by atoms with Crippen molar-refractivity contribution >= 4 is 15.7 Å². The first-order chi connectivity index (χ1) is 8.90. The molecule has 2 N–H and O–H groups in total. The van der Waals surface area contributed by atoms with Crippen molar-refractivity contribution in [2.75, 3.05) is 12.3 Å². The van der Waals surface area contributed by atoms with Gasteiger partial charge in [0.05, 0.1) is 5.75 Å². The zero-order valence-electron chi connectivity index (χ0n) is 11.5. The molecule has 1 aliphatic rings. The zero-order valence-corrected chi connectivity index (χ0v) is 12.4. The highest BCUT2D eigenvalue weighted by Crippen LogP contribution is 2.27. The van der Waals surface area contributed by atoms with E-state index in [1.165, 1.54) is 0 Å². The fraction of sp³-hybridized carbons (Fsp3) is 0.571. The summed E-state index contributed by atoms with van der Waals surface area (Å²) in [6.07, 6.45) is 2.06. The summed E-state index contributed by atoms with van der Waals surface area (Å²) in [6, 6.07) is 7.14. The van der Waals surface area contributed by atoms with Crippen molar-refractivity contribution in [1.29, 1.82) is 0 Å². The van der Waals surface area contributed by atoms with E-state index >= 15 is 0 Å². The summed E-state index contributed by atoms with van der Waals surface area (Å²) >= 11 is 0. The average Bonchev–Trinajstić information content (AvgIpc) is 2.35. The normalized spacial score (nSPS) is 25.4. The molecule has 1 saturated heterocycles. The number of sulfonamides is 1. The van der Waals surface area contributed by atoms with Crippen LogP contribution in [-0.2, 0) is 15.8 Å². The van der Waals surface area contributed by atoms with Crippen molar-refractivity contribution in [2.45, 2.75) is 38.5 Å². The molecule has 1 fully saturated rings. The maximum absolute atomic E-state index is 12.5. The predicted octanol–water partition coefficient (Wildman–Crippen LogP) is 2.22. The van der Waals surface area contributed by atoms with E-state index < -0.39 is 10.0 Å². The molecule has 2 unspecified atom stereocenters. The van der Waals surface area contributed by atoms with Crippen LogP contribution in [0.1, 0.15) is 32.3 Å². The molecule has 2 atom stereocenters. The van der Waals surface area contributed by atoms with Gasteiger partial charge in [-0.3, -0.25) is 0 Å². The van der Waals surface area contributed by atoms with E-state index in [1.54, 1.807) is 28.6 Å². The van der Waals surface area contributed by atoms with Crippen LogP contribution in [0.4, 0.5) is 5.69 Å². The Morgan fingerprint density at radius 2 is 1.89 bits per heavy atom. The van der Waals surface area contributed by atoms with Gasteiger partial charge in [-0.15, -0.1) is 0 Å². The lowest BCUT2D eigenvalue weighted by Gasteiger charge is -2.36. The van der Waals surface area contributed by atoms with Gasteiger partial charge in [0.1, 0.15) is 0 Å². The van der Waals surface area contributed by atoms with Crippen LogP contribution in [0.2, 0.25) is 0 Å². The fourth-order valence-electron chi connectivity index (χ4n) is 2.60. The van der Waals surface area contributed by atoms with Crippen LogP contribution in [0.25, 0.3) is 0 Å². The second-order valence-corrected chi connectivity index (χ2v) is 7.39. The topological polar surface area (TPSA) is 63.4 Å². The lowest BCUT2D eigenvalue weighted by Crippen LogP contribution is -2.46. The van der Waals surface area contributed by atoms with Gasteiger partial charge in [-0.05, 0) is 43.4 Å². The molecule has 1 aromatic rings. The number of hydrogen-bond donors (Lipinski definition) is 1. The van der Waals surface area contributed by atoms with Gasteiger partial charge in [0.25, 0.3) is 0 Å². The van der Waals surface area contributed by atoms with E-state index in [2.05, 4.69) is 6.92 Å². The van der Waals surface area contributed by atoms with E-state index in [0.717, 1.165) is 18.4 Å². The summed E-state index contributed by atoms with van der Waals surface area (Å²) < 4.78 is 26.6. The smallest absolute Gasteiger partial charge is 0.218 e. The van der Waals surface area contributed by atoms with Crippen LogP contribution >= 0.6 is 0 Å². The lowest BCUT2D eigenvalue weighted by molar-refractivity contribution is 0.202. The van der Waals surface area contributed by atoms with Gasteiger partial charge in [0.2, 0.25) is 10.0 Å². The third-order valence-corrected chi connectivity index (χ3v) is 5.93. The van der Waals surface area contributed by atoms with E-state index in [4.69, 9.17) is 5.73 Å². The summed E-state index contributed by atoms with van der Waals surface area (Å²) in [5.74, 6) is 0.486. The maximum Gasteiger partial charge on any atom is 0.218 e. The van der Waals surface area contributed by atoms with Gasteiger partial charge in [-0.1, -0.05) is 19.1 Å². The Hall–Kier alpha value is -1.07. The molecule has 19 heavy (non-hydrogen) atoms. The molecule has 0 saturated carbocycles. The number of nitrogens with two attached hydrogens (primary N) is 1. The van der Waals surface area contributed by atoms with Crippen molar-refractivity contribution in [3.8, 4) is 0 Å². The molecule has 106 valence electrons. The van der Waals surface area contributed by atoms with Gasteiger partial charge < -0.3 is 5.73 Å². The summed E-state index contributed by atoms with van der Waals surface area (Å²) in [7, 11) is -3.24. The molecule has 0 aliphatic carbocycles. The number of nitrogen functional groups attached to an aromatic ring is 1. The third kappa shape index (κ3) is 3.28. The molecule has 4 nitrogen and oxygen atoms in total. The Morgan fingerprint density at radius 3 is 2.53 bits per heavy atom. The molecule has 1 aromatic carbocycles. The molecule has 0 amide bonds. The molecular formula is C14H22N2O2S. The molecule has 0 radical (unpaired) electrons. The van der Waals surface area contributed by atoms with Crippen LogP contribution < -0.4 is 5.73 Å². The number of anilines is 1. The quantitative estimate of drug-likeness (QED) is 0.865. The van der Waals surface area contributed by atoms with E-state index in [1.807, 2.05) is 6.92 Å². The monoisotopic (exact) mass is 282 g/mol. The van der Waals surface area contributed by atoms with E-state index in [9.17, 15) is 8.42 Å². The average molecular weight is 282 g/mol. The van der Waals surface area contributed by atoms with Crippen LogP contribution in [-0.4, -0.2) is 25.3 Å². The number of hydrogen-bond acceptors (Lipinski definition) is 3. The predicted molar refractivity (Wildman–Crippen MR) is 78.0 cm³/mol. The summed E-state index contributed by atoms with van der Waals surface area (Å²) in [6.45, 7) is 4.77. The highest BCUT2D eigenvalue weighted by Gasteiger charge is 2.33. The maximum atomic E-state index is 12.5. The van der Waals surface area contributed by atoms with Crippen LogP contribution in [0, 0.1) is 5.92 Å². The van der Waals surface area contributed by atoms with Gasteiger partial charge in [-0.2, -0.15) is 4.31 Å². The molecular weight excluding hydrogens is 260 g/mol. The number of nitrogens with zero attached hydrogens (tertiary/aromatic N) is 1. The van der Waals surface area contributed by atoms with Gasteiger partial charge >= 0.3 is 0 Å². The summed E-state index contributed by atoms with van der Waals surface area (Å²) in [5, 5.41) is 0. The van der Waals surface area contributed by atoms with Gasteiger partial charge in [0, 0.05) is 18.3 Å². The van der Waals surface area contributed by atoms with Gasteiger partial charge in [-0.25, -0.2) is 8.42 Å². The Labute approximate surface area is 115 Å². The molecule has 0 spiro atoms. The summed E-state index contributed by atoms with van der Waals surface area (Å²) in [5.41, 5.74) is 7.06. The zero-order chi connectivity index (χ0) is 14.0. The molecule has 1 aliphatic heterocycles. The van der Waals surface area contributed by atoms with Crippen LogP contribution in [0.5, 0.6) is 0 Å². The Balaban J connectivity index is 2.15. The van der Waals surface area contributed by atoms with Crippen LogP contribution in [0.3, 0.4) is 0 Å². The first-order valence-corrected chi connectivity index (χ1v) is 8.35. The summed E-state index contributed by atoms with van der Waals surface area (Å²) in [4.78, 5) is 0. The van der Waals surface area contributed by atoms with Crippen LogP contribution in [0.15, 0.2) is 24.3 Å². The Bertz CT molecular complexity index is 525. The minimum atomic E-state index is -3.24. The minimum Gasteiger partial charge on any atom is -0.399 e. The second kappa shape index (κ2) is 5.51. The number of rotatable bonds is 3. The number of piperidine rings is 1. The van der Waals surface area contributed by atoms with Crippen molar-refractivity contribution in [3.63, 3.8) is 0 Å². The molecule has 1 heterocycles. The molecule has 0 bridgehead atoms. The first kappa shape index (κ1) is 14.3. The molecule has 5 heteroatoms. The Morgan fingerprint density at radius 1 is 1.26 bits per heavy atom. The highest BCUT2D eigenvalue weighted by atomic mass is 32.2. The third-order valence-electron chi connectivity index (χ3n) is 4.00. The van der Waals surface area contributed by atoms with Crippen molar-refractivity contribution in [2.24, 2.45) is 5.92 Å². The van der Waals surface area contributed by atoms with Crippen molar-refractivity contribution < 1.29 is 8.42 Å². The standard InChI is InChI=1S/C14H22N2O2S/c1-11-4-3-9-16(12(11)2)19(17,18)10-13-5-7-14(15)8-6-13/h5-8,11-12H,3-4,9-10,15H2,1-2H3. The lowest BCUT2D eigenvalue weighted by atomic mass is 9.94. The first-order valence-electron chi connectivity index (χ1n) is 6.74. The SMILES string of the molecule is CC1CCCN(S(=O)(=O)Cc2ccc(N)cc2)C1C. The van der Waals surface area contributed by atoms with Crippen molar-refractivity contribution in [1.82, 2.24) is 4.31 Å². The number of benzene rings is 1. The van der Waals surface area contributed by atoms with E-state index in [0.29, 0.717) is 18.2 Å². The Kier molecular flexibility index (Phi) is 4.16. The second-order valence-electron chi connectivity index (χ2n) is 5.47. The van der Waals surface area contributed by atoms with E-state index in [-0.39, 0.29) is 11.8 Å². The highest BCUT2D eigenvalue weighted by molar-refractivity contribution is 7.88. The molecule has 2 rings (SSSR count). The van der Waals surface area contributed by atoms with Gasteiger partial charge in [0.15, 0.2) is 0 Å². The largest absolute Gasteiger partial charge is 0.399 e. The minimum absolute atomic E-state index is 0.0599. The molecule has 0 aromatic heterocycles.